The van der Waals surface area contributed by atoms with E-state index < -0.39 is 12.0 Å². The second kappa shape index (κ2) is 6.22. The molecule has 0 bridgehead atoms. The summed E-state index contributed by atoms with van der Waals surface area (Å²) >= 11 is 0. The first-order valence-corrected chi connectivity index (χ1v) is 8.22. The Hall–Kier alpha value is -3.28. The van der Waals surface area contributed by atoms with Crippen LogP contribution < -0.4 is 14.8 Å². The van der Waals surface area contributed by atoms with E-state index in [1.165, 1.54) is 0 Å². The zero-order valence-electron chi connectivity index (χ0n) is 14.4. The number of hydrogen-bond acceptors (Lipinski definition) is 5. The van der Waals surface area contributed by atoms with E-state index in [9.17, 15) is 9.90 Å². The molecule has 2 heterocycles. The summed E-state index contributed by atoms with van der Waals surface area (Å²) in [5, 5.41) is 10.6. The van der Waals surface area contributed by atoms with Crippen LogP contribution in [0.3, 0.4) is 0 Å². The molecule has 0 fully saturated rings. The number of carboxylic acids is 1. The van der Waals surface area contributed by atoms with Crippen LogP contribution in [0.5, 0.6) is 11.5 Å². The molecule has 1 aliphatic rings. The predicted molar refractivity (Wildman–Crippen MR) is 95.2 cm³/mol. The molecule has 1 unspecified atom stereocenters. The quantitative estimate of drug-likeness (QED) is 0.781. The standard InChI is InChI=1S/C20H17NO5/c1-11-3-5-16-14(7-11)15(21-12(2)20(22)23)9-18(26-16)13-4-6-17-19(8-13)25-10-24-17/h3-9,12H,10H2,1-2H3,(H,22,23). The number of carbonyl (C=O) groups is 1. The Morgan fingerprint density at radius 2 is 1.92 bits per heavy atom. The molecule has 1 atom stereocenters. The average molecular weight is 351 g/mol. The third-order valence-electron chi connectivity index (χ3n) is 4.25. The third kappa shape index (κ3) is 2.90. The number of nitrogens with zero attached hydrogens (tertiary/aromatic N) is 1. The fourth-order valence-corrected chi connectivity index (χ4v) is 2.85. The Morgan fingerprint density at radius 1 is 1.12 bits per heavy atom. The van der Waals surface area contributed by atoms with E-state index in [0.29, 0.717) is 28.2 Å². The van der Waals surface area contributed by atoms with Crippen molar-refractivity contribution in [2.75, 3.05) is 6.79 Å². The highest BCUT2D eigenvalue weighted by Gasteiger charge is 2.16. The molecule has 0 saturated carbocycles. The van der Waals surface area contributed by atoms with Crippen molar-refractivity contribution in [1.82, 2.24) is 0 Å². The minimum atomic E-state index is -0.976. The molecule has 2 aromatic carbocycles. The smallest absolute Gasteiger partial charge is 0.328 e. The molecule has 6 nitrogen and oxygen atoms in total. The van der Waals surface area contributed by atoms with Crippen molar-refractivity contribution in [1.29, 1.82) is 0 Å². The van der Waals surface area contributed by atoms with Gasteiger partial charge in [0, 0.05) is 17.0 Å². The minimum Gasteiger partial charge on any atom is -0.480 e. The lowest BCUT2D eigenvalue weighted by molar-refractivity contribution is -0.138. The van der Waals surface area contributed by atoms with Crippen LogP contribution in [0.1, 0.15) is 12.5 Å². The van der Waals surface area contributed by atoms with E-state index in [-0.39, 0.29) is 6.79 Å². The maximum atomic E-state index is 11.2. The lowest BCUT2D eigenvalue weighted by atomic mass is 10.1. The van der Waals surface area contributed by atoms with Crippen molar-refractivity contribution in [2.24, 2.45) is 4.99 Å². The highest BCUT2D eigenvalue weighted by molar-refractivity contribution is 5.80. The molecular formula is C20H17NO5. The van der Waals surface area contributed by atoms with Crippen molar-refractivity contribution in [2.45, 2.75) is 19.9 Å². The molecule has 0 radical (unpaired) electrons. The monoisotopic (exact) mass is 351 g/mol. The van der Waals surface area contributed by atoms with E-state index in [1.807, 2.05) is 43.3 Å². The number of ether oxygens (including phenoxy) is 2. The molecule has 0 aliphatic carbocycles. The number of fused-ring (bicyclic) bond motifs is 2. The van der Waals surface area contributed by atoms with Crippen LogP contribution in [0.25, 0.3) is 22.3 Å². The van der Waals surface area contributed by atoms with Gasteiger partial charge in [-0.1, -0.05) is 11.6 Å². The van der Waals surface area contributed by atoms with E-state index in [4.69, 9.17) is 13.9 Å². The van der Waals surface area contributed by atoms with Crippen molar-refractivity contribution >= 4 is 16.9 Å². The molecule has 1 aromatic heterocycles. The first-order chi connectivity index (χ1) is 12.5. The molecule has 132 valence electrons. The fourth-order valence-electron chi connectivity index (χ4n) is 2.85. The van der Waals surface area contributed by atoms with Crippen LogP contribution in [-0.2, 0) is 4.79 Å². The molecule has 1 aliphatic heterocycles. The first-order valence-electron chi connectivity index (χ1n) is 8.22. The molecule has 0 amide bonds. The van der Waals surface area contributed by atoms with Gasteiger partial charge in [-0.2, -0.15) is 0 Å². The van der Waals surface area contributed by atoms with Gasteiger partial charge in [-0.25, -0.2) is 4.79 Å². The minimum absolute atomic E-state index is 0.198. The lowest BCUT2D eigenvalue weighted by Crippen LogP contribution is -2.18. The molecule has 3 aromatic rings. The van der Waals surface area contributed by atoms with Gasteiger partial charge >= 0.3 is 5.97 Å². The largest absolute Gasteiger partial charge is 0.480 e. The number of rotatable bonds is 3. The summed E-state index contributed by atoms with van der Waals surface area (Å²) < 4.78 is 16.8. The molecule has 26 heavy (non-hydrogen) atoms. The van der Waals surface area contributed by atoms with E-state index in [2.05, 4.69) is 4.99 Å². The Bertz CT molecular complexity index is 1080. The Kier molecular flexibility index (Phi) is 3.88. The van der Waals surface area contributed by atoms with Crippen LogP contribution in [0.2, 0.25) is 0 Å². The summed E-state index contributed by atoms with van der Waals surface area (Å²) in [6.45, 7) is 3.72. The number of aryl methyl sites for hydroxylation is 1. The zero-order chi connectivity index (χ0) is 18.3. The van der Waals surface area contributed by atoms with Gasteiger partial charge in [-0.05, 0) is 44.2 Å². The molecule has 0 saturated heterocycles. The lowest BCUT2D eigenvalue weighted by Gasteiger charge is -2.07. The Labute approximate surface area is 149 Å². The summed E-state index contributed by atoms with van der Waals surface area (Å²) in [6.07, 6.45) is 0. The Morgan fingerprint density at radius 3 is 2.73 bits per heavy atom. The number of aliphatic carboxylic acids is 1. The summed E-state index contributed by atoms with van der Waals surface area (Å²) in [6, 6.07) is 12.2. The first kappa shape index (κ1) is 16.2. The molecule has 6 heteroatoms. The highest BCUT2D eigenvalue weighted by atomic mass is 16.7. The van der Waals surface area contributed by atoms with Gasteiger partial charge in [0.05, 0.1) is 5.36 Å². The van der Waals surface area contributed by atoms with Gasteiger partial charge in [-0.3, -0.25) is 4.99 Å². The van der Waals surface area contributed by atoms with Gasteiger partial charge in [0.1, 0.15) is 17.4 Å². The maximum Gasteiger partial charge on any atom is 0.328 e. The van der Waals surface area contributed by atoms with Gasteiger partial charge in [0.2, 0.25) is 6.79 Å². The summed E-state index contributed by atoms with van der Waals surface area (Å²) in [5.41, 5.74) is 2.49. The van der Waals surface area contributed by atoms with Crippen molar-refractivity contribution < 1.29 is 23.8 Å². The van der Waals surface area contributed by atoms with Crippen molar-refractivity contribution in [3.8, 4) is 22.8 Å². The second-order valence-electron chi connectivity index (χ2n) is 6.21. The summed E-state index contributed by atoms with van der Waals surface area (Å²) in [4.78, 5) is 15.6. The zero-order valence-corrected chi connectivity index (χ0v) is 14.4. The van der Waals surface area contributed by atoms with E-state index in [0.717, 1.165) is 16.5 Å². The number of benzene rings is 2. The van der Waals surface area contributed by atoms with Crippen LogP contribution in [-0.4, -0.2) is 23.9 Å². The van der Waals surface area contributed by atoms with Crippen LogP contribution in [0.15, 0.2) is 51.9 Å². The van der Waals surface area contributed by atoms with Crippen LogP contribution in [0.4, 0.5) is 0 Å². The SMILES string of the molecule is Cc1ccc2oc(-c3ccc4c(c3)OCO4)cc(=NC(C)C(=O)O)c2c1. The summed E-state index contributed by atoms with van der Waals surface area (Å²) in [7, 11) is 0. The maximum absolute atomic E-state index is 11.2. The molecular weight excluding hydrogens is 334 g/mol. The van der Waals surface area contributed by atoms with Crippen LogP contribution in [0, 0.1) is 6.92 Å². The topological polar surface area (TPSA) is 81.3 Å². The predicted octanol–water partition coefficient (Wildman–Crippen LogP) is 3.51. The van der Waals surface area contributed by atoms with E-state index in [1.54, 1.807) is 13.0 Å². The number of hydrogen-bond donors (Lipinski definition) is 1. The highest BCUT2D eigenvalue weighted by Crippen LogP contribution is 2.36. The van der Waals surface area contributed by atoms with Gasteiger partial charge < -0.3 is 19.0 Å². The van der Waals surface area contributed by atoms with Crippen LogP contribution >= 0.6 is 0 Å². The van der Waals surface area contributed by atoms with Crippen molar-refractivity contribution in [3.05, 3.63) is 53.4 Å². The molecule has 1 N–H and O–H groups in total. The Balaban J connectivity index is 1.94. The number of carboxylic acid groups (broad SMARTS) is 1. The second-order valence-corrected chi connectivity index (χ2v) is 6.21. The fraction of sp³-hybridized carbons (Fsp3) is 0.200. The third-order valence-corrected chi connectivity index (χ3v) is 4.25. The van der Waals surface area contributed by atoms with Gasteiger partial charge in [0.25, 0.3) is 0 Å². The normalized spacial score (nSPS) is 14.6. The molecule has 0 spiro atoms. The molecule has 4 rings (SSSR count). The van der Waals surface area contributed by atoms with E-state index >= 15 is 0 Å². The van der Waals surface area contributed by atoms with Crippen molar-refractivity contribution in [3.63, 3.8) is 0 Å². The average Bonchev–Trinajstić information content (AvgIpc) is 3.09. The summed E-state index contributed by atoms with van der Waals surface area (Å²) in [5.74, 6) is 0.945. The van der Waals surface area contributed by atoms with Gasteiger partial charge in [0.15, 0.2) is 11.5 Å². The van der Waals surface area contributed by atoms with Gasteiger partial charge in [-0.15, -0.1) is 0 Å².